The number of allylic oxidation sites excluding steroid dienone is 3. The lowest BCUT2D eigenvalue weighted by Crippen LogP contribution is -2.46. The molecule has 0 amide bonds. The molecule has 6 heteroatoms. The Kier molecular flexibility index (Phi) is 7.62. The summed E-state index contributed by atoms with van der Waals surface area (Å²) >= 11 is 6.27. The first-order valence-electron chi connectivity index (χ1n) is 13.9. The van der Waals surface area contributed by atoms with E-state index in [-0.39, 0.29) is 16.5 Å². The molecule has 1 heterocycles. The lowest BCUT2D eigenvalue weighted by molar-refractivity contribution is -0.384. The van der Waals surface area contributed by atoms with Gasteiger partial charge < -0.3 is 9.47 Å². The van der Waals surface area contributed by atoms with Crippen LogP contribution in [0.4, 0.5) is 5.69 Å². The Hall–Kier alpha value is -4.35. The zero-order chi connectivity index (χ0) is 28.2. The van der Waals surface area contributed by atoms with Crippen molar-refractivity contribution in [3.8, 4) is 5.75 Å². The van der Waals surface area contributed by atoms with Gasteiger partial charge in [-0.15, -0.1) is 0 Å². The maximum Gasteiger partial charge on any atom is 0.269 e. The Bertz CT molecular complexity index is 1630. The van der Waals surface area contributed by atoms with E-state index in [1.807, 2.05) is 30.4 Å². The number of rotatable bonds is 4. The molecule has 0 bridgehead atoms. The smallest absolute Gasteiger partial charge is 0.269 e. The Morgan fingerprint density at radius 3 is 2.44 bits per heavy atom. The fourth-order valence-corrected chi connectivity index (χ4v) is 6.49. The SMILES string of the molecule is C1=CCOC=C1.O=[N+]([O-])c1ccc(OC2(c3ccc(Cl)cc3)CCCC3C=Cc4c(ccc5ccccc45)C32)cc1. The summed E-state index contributed by atoms with van der Waals surface area (Å²) in [7, 11) is 0. The van der Waals surface area contributed by atoms with Crippen molar-refractivity contribution < 1.29 is 14.4 Å². The molecule has 0 aromatic heterocycles. The van der Waals surface area contributed by atoms with Crippen LogP contribution in [0.1, 0.15) is 41.9 Å². The molecule has 3 aliphatic rings. The Balaban J connectivity index is 0.000000449. The van der Waals surface area contributed by atoms with Gasteiger partial charge in [-0.1, -0.05) is 78.4 Å². The highest BCUT2D eigenvalue weighted by molar-refractivity contribution is 6.30. The zero-order valence-corrected chi connectivity index (χ0v) is 23.2. The van der Waals surface area contributed by atoms with E-state index in [2.05, 4.69) is 60.7 Å². The number of ether oxygens (including phenoxy) is 2. The Morgan fingerprint density at radius 2 is 1.76 bits per heavy atom. The van der Waals surface area contributed by atoms with Crippen LogP contribution in [0.2, 0.25) is 5.02 Å². The summed E-state index contributed by atoms with van der Waals surface area (Å²) in [5.74, 6) is 1.05. The van der Waals surface area contributed by atoms with Crippen LogP contribution in [0.25, 0.3) is 16.8 Å². The summed E-state index contributed by atoms with van der Waals surface area (Å²) in [6.07, 6.45) is 15.0. The minimum absolute atomic E-state index is 0.0526. The normalized spacial score (nSPS) is 22.1. The van der Waals surface area contributed by atoms with Gasteiger partial charge in [0.05, 0.1) is 11.2 Å². The molecule has 1 fully saturated rings. The summed E-state index contributed by atoms with van der Waals surface area (Å²) in [6.45, 7) is 0.733. The average molecular weight is 564 g/mol. The first-order chi connectivity index (χ1) is 20.0. The predicted molar refractivity (Wildman–Crippen MR) is 164 cm³/mol. The van der Waals surface area contributed by atoms with Crippen LogP contribution in [0.15, 0.2) is 115 Å². The lowest BCUT2D eigenvalue weighted by atomic mass is 9.60. The minimum atomic E-state index is -0.633. The highest BCUT2D eigenvalue weighted by Crippen LogP contribution is 2.56. The van der Waals surface area contributed by atoms with E-state index in [0.717, 1.165) is 31.4 Å². The van der Waals surface area contributed by atoms with Crippen molar-refractivity contribution in [1.29, 1.82) is 0 Å². The third kappa shape index (κ3) is 5.38. The second kappa shape index (κ2) is 11.6. The molecule has 4 aromatic carbocycles. The molecular formula is C35H30ClNO4. The molecule has 3 atom stereocenters. The van der Waals surface area contributed by atoms with Crippen LogP contribution in [0, 0.1) is 16.0 Å². The quantitative estimate of drug-likeness (QED) is 0.183. The van der Waals surface area contributed by atoms with Crippen molar-refractivity contribution in [2.75, 3.05) is 6.61 Å². The summed E-state index contributed by atoms with van der Waals surface area (Å²) in [5.41, 5.74) is 3.02. The van der Waals surface area contributed by atoms with Gasteiger partial charge in [0.25, 0.3) is 5.69 Å². The van der Waals surface area contributed by atoms with Crippen LogP contribution in [-0.4, -0.2) is 11.5 Å². The highest BCUT2D eigenvalue weighted by Gasteiger charge is 2.50. The second-order valence-corrected chi connectivity index (χ2v) is 11.0. The molecule has 7 rings (SSSR count). The monoisotopic (exact) mass is 563 g/mol. The number of halogens is 1. The topological polar surface area (TPSA) is 61.6 Å². The number of nitro groups is 1. The number of nitro benzene ring substituents is 1. The maximum absolute atomic E-state index is 11.2. The first-order valence-corrected chi connectivity index (χ1v) is 14.3. The Labute approximate surface area is 244 Å². The van der Waals surface area contributed by atoms with Crippen molar-refractivity contribution in [3.05, 3.63) is 147 Å². The van der Waals surface area contributed by atoms with Crippen LogP contribution in [0.5, 0.6) is 5.75 Å². The average Bonchev–Trinajstić information content (AvgIpc) is 3.02. The van der Waals surface area contributed by atoms with Crippen molar-refractivity contribution in [2.45, 2.75) is 30.8 Å². The van der Waals surface area contributed by atoms with Gasteiger partial charge >= 0.3 is 0 Å². The molecule has 206 valence electrons. The van der Waals surface area contributed by atoms with Crippen molar-refractivity contribution in [3.63, 3.8) is 0 Å². The fraction of sp³-hybridized carbons (Fsp3) is 0.200. The molecule has 0 radical (unpaired) electrons. The molecule has 1 aliphatic heterocycles. The van der Waals surface area contributed by atoms with E-state index in [1.165, 1.54) is 34.0 Å². The summed E-state index contributed by atoms with van der Waals surface area (Å²) in [5, 5.41) is 14.3. The summed E-state index contributed by atoms with van der Waals surface area (Å²) in [6, 6.07) is 27.3. The number of hydrogen-bond donors (Lipinski definition) is 0. The first kappa shape index (κ1) is 26.9. The number of nitrogens with zero attached hydrogens (tertiary/aromatic N) is 1. The molecule has 4 aromatic rings. The van der Waals surface area contributed by atoms with Gasteiger partial charge in [-0.05, 0) is 89.1 Å². The van der Waals surface area contributed by atoms with E-state index in [9.17, 15) is 10.1 Å². The van der Waals surface area contributed by atoms with Gasteiger partial charge in [-0.3, -0.25) is 10.1 Å². The maximum atomic E-state index is 11.2. The minimum Gasteiger partial charge on any atom is -0.497 e. The van der Waals surface area contributed by atoms with E-state index in [4.69, 9.17) is 21.1 Å². The standard InChI is InChI=1S/C30H24ClNO3.C5H6O/c31-23-11-9-22(10-12-23)30(35-25-15-13-24(14-16-25)32(33)34)19-3-5-21-8-17-27-26-6-2-1-4-20(26)7-18-28(27)29(21)30;1-2-4-6-5-3-1/h1-2,4,6-18,21,29H,3,5,19H2;1-4H,5H2. The molecule has 0 saturated heterocycles. The summed E-state index contributed by atoms with van der Waals surface area (Å²) < 4.78 is 11.7. The number of fused-ring (bicyclic) bond motifs is 5. The van der Waals surface area contributed by atoms with E-state index >= 15 is 0 Å². The van der Waals surface area contributed by atoms with Gasteiger partial charge in [0.1, 0.15) is 18.0 Å². The van der Waals surface area contributed by atoms with Gasteiger partial charge in [0.2, 0.25) is 0 Å². The van der Waals surface area contributed by atoms with E-state index in [0.29, 0.717) is 16.7 Å². The number of non-ortho nitro benzene ring substituents is 1. The van der Waals surface area contributed by atoms with Crippen molar-refractivity contribution in [2.24, 2.45) is 5.92 Å². The van der Waals surface area contributed by atoms with Crippen LogP contribution in [-0.2, 0) is 10.3 Å². The van der Waals surface area contributed by atoms with Gasteiger partial charge in [0, 0.05) is 23.1 Å². The van der Waals surface area contributed by atoms with Gasteiger partial charge in [0.15, 0.2) is 0 Å². The van der Waals surface area contributed by atoms with Crippen molar-refractivity contribution in [1.82, 2.24) is 0 Å². The van der Waals surface area contributed by atoms with E-state index < -0.39 is 5.60 Å². The lowest BCUT2D eigenvalue weighted by Gasteiger charge is -2.49. The molecule has 2 aliphatic carbocycles. The van der Waals surface area contributed by atoms with Crippen LogP contribution < -0.4 is 4.74 Å². The highest BCUT2D eigenvalue weighted by atomic mass is 35.5. The van der Waals surface area contributed by atoms with Crippen molar-refractivity contribution >= 4 is 34.1 Å². The third-order valence-corrected chi connectivity index (χ3v) is 8.41. The molecule has 3 unspecified atom stereocenters. The fourth-order valence-electron chi connectivity index (χ4n) is 6.37. The molecule has 0 N–H and O–H groups in total. The number of hydrogen-bond acceptors (Lipinski definition) is 4. The Morgan fingerprint density at radius 1 is 0.951 bits per heavy atom. The molecule has 0 spiro atoms. The van der Waals surface area contributed by atoms with Crippen LogP contribution >= 0.6 is 11.6 Å². The molecular weight excluding hydrogens is 534 g/mol. The zero-order valence-electron chi connectivity index (χ0n) is 22.5. The van der Waals surface area contributed by atoms with Gasteiger partial charge in [-0.25, -0.2) is 0 Å². The molecule has 5 nitrogen and oxygen atoms in total. The predicted octanol–water partition coefficient (Wildman–Crippen LogP) is 9.37. The number of benzene rings is 4. The molecule has 41 heavy (non-hydrogen) atoms. The molecule has 1 saturated carbocycles. The summed E-state index contributed by atoms with van der Waals surface area (Å²) in [4.78, 5) is 10.8. The largest absolute Gasteiger partial charge is 0.497 e. The third-order valence-electron chi connectivity index (χ3n) is 8.16. The van der Waals surface area contributed by atoms with Crippen LogP contribution in [0.3, 0.4) is 0 Å². The second-order valence-electron chi connectivity index (χ2n) is 10.5. The van der Waals surface area contributed by atoms with E-state index in [1.54, 1.807) is 18.4 Å². The van der Waals surface area contributed by atoms with Gasteiger partial charge in [-0.2, -0.15) is 0 Å².